The SMILES string of the molecule is NC1(c2nc3c(F)cccc3[nH]2)CCCC1. The van der Waals surface area contributed by atoms with Gasteiger partial charge in [0.25, 0.3) is 0 Å². The quantitative estimate of drug-likeness (QED) is 0.774. The van der Waals surface area contributed by atoms with Gasteiger partial charge < -0.3 is 10.7 Å². The minimum absolute atomic E-state index is 0.290. The van der Waals surface area contributed by atoms with Gasteiger partial charge in [-0.15, -0.1) is 0 Å². The van der Waals surface area contributed by atoms with Crippen molar-refractivity contribution in [3.05, 3.63) is 29.8 Å². The predicted octanol–water partition coefficient (Wildman–Crippen LogP) is 2.43. The van der Waals surface area contributed by atoms with Crippen LogP contribution in [-0.4, -0.2) is 9.97 Å². The summed E-state index contributed by atoms with van der Waals surface area (Å²) in [6.07, 6.45) is 4.09. The molecular formula is C12H14FN3. The number of halogens is 1. The van der Waals surface area contributed by atoms with Crippen molar-refractivity contribution < 1.29 is 4.39 Å². The number of H-pyrrole nitrogens is 1. The number of fused-ring (bicyclic) bond motifs is 1. The third kappa shape index (κ3) is 1.33. The molecule has 1 aromatic heterocycles. The van der Waals surface area contributed by atoms with Crippen molar-refractivity contribution in [3.8, 4) is 0 Å². The van der Waals surface area contributed by atoms with Gasteiger partial charge in [0.1, 0.15) is 11.3 Å². The fraction of sp³-hybridized carbons (Fsp3) is 0.417. The number of hydrogen-bond donors (Lipinski definition) is 2. The van der Waals surface area contributed by atoms with Crippen LogP contribution in [0.5, 0.6) is 0 Å². The third-order valence-corrected chi connectivity index (χ3v) is 3.43. The highest BCUT2D eigenvalue weighted by molar-refractivity contribution is 5.75. The van der Waals surface area contributed by atoms with Crippen molar-refractivity contribution >= 4 is 11.0 Å². The molecule has 1 fully saturated rings. The molecule has 0 radical (unpaired) electrons. The van der Waals surface area contributed by atoms with Crippen LogP contribution in [0.3, 0.4) is 0 Å². The Kier molecular flexibility index (Phi) is 2.01. The molecule has 4 heteroatoms. The highest BCUT2D eigenvalue weighted by atomic mass is 19.1. The van der Waals surface area contributed by atoms with Crippen LogP contribution in [0.1, 0.15) is 31.5 Å². The molecule has 0 aliphatic heterocycles. The van der Waals surface area contributed by atoms with Gasteiger partial charge in [-0.2, -0.15) is 0 Å². The number of nitrogens with two attached hydrogens (primary N) is 1. The molecule has 1 aromatic carbocycles. The molecule has 1 heterocycles. The maximum atomic E-state index is 13.5. The summed E-state index contributed by atoms with van der Waals surface area (Å²) >= 11 is 0. The maximum Gasteiger partial charge on any atom is 0.151 e. The van der Waals surface area contributed by atoms with E-state index in [4.69, 9.17) is 5.73 Å². The van der Waals surface area contributed by atoms with Crippen molar-refractivity contribution in [3.63, 3.8) is 0 Å². The molecule has 0 amide bonds. The van der Waals surface area contributed by atoms with Crippen LogP contribution in [0.2, 0.25) is 0 Å². The zero-order valence-corrected chi connectivity index (χ0v) is 8.96. The fourth-order valence-corrected chi connectivity index (χ4v) is 2.48. The second-order valence-electron chi connectivity index (χ2n) is 4.58. The van der Waals surface area contributed by atoms with Gasteiger partial charge in [0, 0.05) is 0 Å². The number of aromatic amines is 1. The first-order valence-electron chi connectivity index (χ1n) is 5.63. The number of nitrogens with zero attached hydrogens (tertiary/aromatic N) is 1. The highest BCUT2D eigenvalue weighted by Crippen LogP contribution is 2.35. The summed E-state index contributed by atoms with van der Waals surface area (Å²) in [7, 11) is 0. The lowest BCUT2D eigenvalue weighted by Crippen LogP contribution is -2.34. The van der Waals surface area contributed by atoms with Crippen LogP contribution < -0.4 is 5.73 Å². The molecule has 2 aromatic rings. The summed E-state index contributed by atoms with van der Waals surface area (Å²) in [5.74, 6) is 0.437. The molecule has 84 valence electrons. The van der Waals surface area contributed by atoms with Crippen LogP contribution >= 0.6 is 0 Å². The van der Waals surface area contributed by atoms with E-state index in [1.807, 2.05) is 6.07 Å². The molecule has 0 saturated heterocycles. The van der Waals surface area contributed by atoms with E-state index in [-0.39, 0.29) is 11.4 Å². The van der Waals surface area contributed by atoms with Gasteiger partial charge in [0.2, 0.25) is 0 Å². The first-order chi connectivity index (χ1) is 7.69. The summed E-state index contributed by atoms with van der Waals surface area (Å²) in [5.41, 5.74) is 7.02. The summed E-state index contributed by atoms with van der Waals surface area (Å²) in [5, 5.41) is 0. The zero-order valence-electron chi connectivity index (χ0n) is 8.96. The normalized spacial score (nSPS) is 19.4. The summed E-state index contributed by atoms with van der Waals surface area (Å²) in [6.45, 7) is 0. The summed E-state index contributed by atoms with van der Waals surface area (Å²) in [6, 6.07) is 4.93. The molecule has 1 saturated carbocycles. The van der Waals surface area contributed by atoms with Crippen LogP contribution in [-0.2, 0) is 5.54 Å². The molecule has 3 rings (SSSR count). The third-order valence-electron chi connectivity index (χ3n) is 3.43. The van der Waals surface area contributed by atoms with E-state index in [1.54, 1.807) is 6.07 Å². The van der Waals surface area contributed by atoms with Gasteiger partial charge in [0.15, 0.2) is 5.82 Å². The Morgan fingerprint density at radius 2 is 2.06 bits per heavy atom. The van der Waals surface area contributed by atoms with E-state index < -0.39 is 0 Å². The molecule has 1 aliphatic carbocycles. The molecule has 16 heavy (non-hydrogen) atoms. The fourth-order valence-electron chi connectivity index (χ4n) is 2.48. The van der Waals surface area contributed by atoms with E-state index in [0.717, 1.165) is 37.0 Å². The van der Waals surface area contributed by atoms with Crippen molar-refractivity contribution in [2.75, 3.05) is 0 Å². The number of nitrogens with one attached hydrogen (secondary N) is 1. The largest absolute Gasteiger partial charge is 0.340 e. The van der Waals surface area contributed by atoms with Gasteiger partial charge in [-0.05, 0) is 25.0 Å². The highest BCUT2D eigenvalue weighted by Gasteiger charge is 2.34. The molecule has 0 bridgehead atoms. The monoisotopic (exact) mass is 219 g/mol. The van der Waals surface area contributed by atoms with Gasteiger partial charge >= 0.3 is 0 Å². The Morgan fingerprint density at radius 3 is 2.75 bits per heavy atom. The lowest BCUT2D eigenvalue weighted by molar-refractivity contribution is 0.436. The van der Waals surface area contributed by atoms with E-state index >= 15 is 0 Å². The van der Waals surface area contributed by atoms with E-state index in [1.165, 1.54) is 6.07 Å². The van der Waals surface area contributed by atoms with E-state index in [9.17, 15) is 4.39 Å². The maximum absolute atomic E-state index is 13.5. The van der Waals surface area contributed by atoms with Gasteiger partial charge in [0.05, 0.1) is 11.1 Å². The first-order valence-corrected chi connectivity index (χ1v) is 5.63. The molecule has 3 N–H and O–H groups in total. The standard InChI is InChI=1S/C12H14FN3/c13-8-4-3-5-9-10(8)16-11(15-9)12(14)6-1-2-7-12/h3-5H,1-2,6-7,14H2,(H,15,16). The molecular weight excluding hydrogens is 205 g/mol. The number of aromatic nitrogens is 2. The minimum atomic E-state index is -0.383. The molecule has 0 spiro atoms. The lowest BCUT2D eigenvalue weighted by Gasteiger charge is -2.19. The molecule has 0 atom stereocenters. The first kappa shape index (κ1) is 9.78. The van der Waals surface area contributed by atoms with Crippen LogP contribution in [0.25, 0.3) is 11.0 Å². The summed E-state index contributed by atoms with van der Waals surface area (Å²) in [4.78, 5) is 7.45. The lowest BCUT2D eigenvalue weighted by atomic mass is 9.99. The number of rotatable bonds is 1. The van der Waals surface area contributed by atoms with Crippen molar-refractivity contribution in [1.29, 1.82) is 0 Å². The average molecular weight is 219 g/mol. The van der Waals surface area contributed by atoms with Crippen molar-refractivity contribution in [1.82, 2.24) is 9.97 Å². The van der Waals surface area contributed by atoms with Crippen molar-refractivity contribution in [2.24, 2.45) is 5.73 Å². The average Bonchev–Trinajstić information content (AvgIpc) is 2.85. The van der Waals surface area contributed by atoms with Gasteiger partial charge in [-0.1, -0.05) is 18.9 Å². The van der Waals surface area contributed by atoms with Crippen molar-refractivity contribution in [2.45, 2.75) is 31.2 Å². The molecule has 3 nitrogen and oxygen atoms in total. The zero-order chi connectivity index (χ0) is 11.2. The predicted molar refractivity (Wildman–Crippen MR) is 60.4 cm³/mol. The Morgan fingerprint density at radius 1 is 1.31 bits per heavy atom. The van der Waals surface area contributed by atoms with Gasteiger partial charge in [-0.25, -0.2) is 9.37 Å². The molecule has 0 unspecified atom stereocenters. The Labute approximate surface area is 92.9 Å². The second kappa shape index (κ2) is 3.28. The van der Waals surface area contributed by atoms with Crippen LogP contribution in [0, 0.1) is 5.82 Å². The van der Waals surface area contributed by atoms with Gasteiger partial charge in [-0.3, -0.25) is 0 Å². The Hall–Kier alpha value is -1.42. The number of hydrogen-bond acceptors (Lipinski definition) is 2. The van der Waals surface area contributed by atoms with E-state index in [0.29, 0.717) is 5.52 Å². The smallest absolute Gasteiger partial charge is 0.151 e. The number of imidazole rings is 1. The molecule has 1 aliphatic rings. The Balaban J connectivity index is 2.15. The topological polar surface area (TPSA) is 54.7 Å². The van der Waals surface area contributed by atoms with Crippen LogP contribution in [0.4, 0.5) is 4.39 Å². The van der Waals surface area contributed by atoms with E-state index in [2.05, 4.69) is 9.97 Å². The number of benzene rings is 1. The minimum Gasteiger partial charge on any atom is -0.340 e. The number of para-hydroxylation sites is 1. The second-order valence-corrected chi connectivity index (χ2v) is 4.58. The Bertz CT molecular complexity index is 526. The summed E-state index contributed by atoms with van der Waals surface area (Å²) < 4.78 is 13.5. The van der Waals surface area contributed by atoms with Crippen LogP contribution in [0.15, 0.2) is 18.2 Å².